The molecule has 0 aliphatic carbocycles. The normalized spacial score (nSPS) is 20.3. The van der Waals surface area contributed by atoms with Gasteiger partial charge in [0, 0.05) is 12.2 Å². The molecule has 2 heterocycles. The molecular formula is C13H13FN2O3S. The molecule has 20 heavy (non-hydrogen) atoms. The predicted molar refractivity (Wildman–Crippen MR) is 71.1 cm³/mol. The van der Waals surface area contributed by atoms with Crippen LogP contribution in [0.1, 0.15) is 16.8 Å². The van der Waals surface area contributed by atoms with Crippen molar-refractivity contribution in [2.24, 2.45) is 0 Å². The summed E-state index contributed by atoms with van der Waals surface area (Å²) in [7, 11) is -3.16. The first-order chi connectivity index (χ1) is 9.44. The van der Waals surface area contributed by atoms with Crippen LogP contribution >= 0.6 is 0 Å². The van der Waals surface area contributed by atoms with Crippen molar-refractivity contribution in [3.63, 3.8) is 0 Å². The van der Waals surface area contributed by atoms with Gasteiger partial charge in [-0.3, -0.25) is 4.79 Å². The lowest BCUT2D eigenvalue weighted by molar-refractivity contribution is 0.0718. The average molecular weight is 296 g/mol. The Morgan fingerprint density at radius 3 is 2.90 bits per heavy atom. The fraction of sp³-hybridized carbons (Fsp3) is 0.385. The highest BCUT2D eigenvalue weighted by Gasteiger charge is 2.35. The highest BCUT2D eigenvalue weighted by Crippen LogP contribution is 2.20. The van der Waals surface area contributed by atoms with Crippen molar-refractivity contribution in [2.75, 3.05) is 18.1 Å². The standard InChI is InChI=1S/C13H13FN2O3S/c1-2-7-16(10-5-8-20(18,19)9-10)13(17)11-4-3-6-15-12(11)14/h1,3-4,6,10H,5,7-9H2. The fourth-order valence-electron chi connectivity index (χ4n) is 2.19. The van der Waals surface area contributed by atoms with Crippen LogP contribution in [0.5, 0.6) is 0 Å². The second-order valence-corrected chi connectivity index (χ2v) is 6.76. The van der Waals surface area contributed by atoms with Crippen LogP contribution in [0.4, 0.5) is 4.39 Å². The van der Waals surface area contributed by atoms with Crippen molar-refractivity contribution in [1.82, 2.24) is 9.88 Å². The van der Waals surface area contributed by atoms with Gasteiger partial charge in [-0.15, -0.1) is 6.42 Å². The third kappa shape index (κ3) is 2.96. The summed E-state index contributed by atoms with van der Waals surface area (Å²) in [6, 6.07) is 2.23. The van der Waals surface area contributed by atoms with E-state index in [0.29, 0.717) is 6.42 Å². The first kappa shape index (κ1) is 14.5. The van der Waals surface area contributed by atoms with Gasteiger partial charge < -0.3 is 4.90 Å². The highest BCUT2D eigenvalue weighted by molar-refractivity contribution is 7.91. The van der Waals surface area contributed by atoms with Gasteiger partial charge >= 0.3 is 0 Å². The molecule has 1 saturated heterocycles. The molecule has 1 aliphatic rings. The number of sulfone groups is 1. The largest absolute Gasteiger partial charge is 0.323 e. The minimum absolute atomic E-state index is 0.0154. The summed E-state index contributed by atoms with van der Waals surface area (Å²) in [4.78, 5) is 16.9. The summed E-state index contributed by atoms with van der Waals surface area (Å²) in [5.74, 6) is 0.671. The lowest BCUT2D eigenvalue weighted by atomic mass is 10.1. The van der Waals surface area contributed by atoms with E-state index in [1.165, 1.54) is 23.2 Å². The van der Waals surface area contributed by atoms with Crippen molar-refractivity contribution in [3.8, 4) is 12.3 Å². The lowest BCUT2D eigenvalue weighted by Gasteiger charge is -2.26. The molecule has 1 unspecified atom stereocenters. The summed E-state index contributed by atoms with van der Waals surface area (Å²) >= 11 is 0. The van der Waals surface area contributed by atoms with E-state index in [0.717, 1.165) is 0 Å². The monoisotopic (exact) mass is 296 g/mol. The van der Waals surface area contributed by atoms with E-state index in [-0.39, 0.29) is 23.6 Å². The van der Waals surface area contributed by atoms with Crippen LogP contribution in [0.15, 0.2) is 18.3 Å². The topological polar surface area (TPSA) is 67.3 Å². The molecule has 0 spiro atoms. The van der Waals surface area contributed by atoms with Crippen LogP contribution in [0, 0.1) is 18.3 Å². The number of rotatable bonds is 3. The molecule has 1 aliphatic heterocycles. The molecule has 0 saturated carbocycles. The van der Waals surface area contributed by atoms with Crippen LogP contribution < -0.4 is 0 Å². The average Bonchev–Trinajstić information content (AvgIpc) is 2.76. The van der Waals surface area contributed by atoms with Gasteiger partial charge in [0.25, 0.3) is 5.91 Å². The van der Waals surface area contributed by atoms with E-state index < -0.39 is 27.7 Å². The molecule has 1 fully saturated rings. The van der Waals surface area contributed by atoms with Crippen molar-refractivity contribution >= 4 is 15.7 Å². The number of pyridine rings is 1. The molecule has 106 valence electrons. The molecule has 0 N–H and O–H groups in total. The second-order valence-electron chi connectivity index (χ2n) is 4.54. The summed E-state index contributed by atoms with van der Waals surface area (Å²) < 4.78 is 36.6. The number of hydrogen-bond donors (Lipinski definition) is 0. The lowest BCUT2D eigenvalue weighted by Crippen LogP contribution is -2.41. The molecule has 0 radical (unpaired) electrons. The quantitative estimate of drug-likeness (QED) is 0.601. The molecule has 0 bridgehead atoms. The molecule has 1 atom stereocenters. The first-order valence-electron chi connectivity index (χ1n) is 6.00. The molecule has 1 aromatic rings. The third-order valence-electron chi connectivity index (χ3n) is 3.16. The van der Waals surface area contributed by atoms with Crippen LogP contribution in [0.2, 0.25) is 0 Å². The van der Waals surface area contributed by atoms with Gasteiger partial charge in [-0.05, 0) is 18.6 Å². The first-order valence-corrected chi connectivity index (χ1v) is 7.82. The molecule has 1 aromatic heterocycles. The maximum atomic E-state index is 13.6. The Balaban J connectivity index is 2.28. The van der Waals surface area contributed by atoms with Crippen molar-refractivity contribution < 1.29 is 17.6 Å². The van der Waals surface area contributed by atoms with Crippen LogP contribution in [-0.2, 0) is 9.84 Å². The van der Waals surface area contributed by atoms with Crippen molar-refractivity contribution in [1.29, 1.82) is 0 Å². The van der Waals surface area contributed by atoms with Gasteiger partial charge in [0.15, 0.2) is 9.84 Å². The van der Waals surface area contributed by atoms with Crippen LogP contribution in [0.3, 0.4) is 0 Å². The van der Waals surface area contributed by atoms with E-state index in [4.69, 9.17) is 6.42 Å². The van der Waals surface area contributed by atoms with Gasteiger partial charge in [-0.25, -0.2) is 13.4 Å². The third-order valence-corrected chi connectivity index (χ3v) is 4.91. The number of carbonyl (C=O) groups is 1. The highest BCUT2D eigenvalue weighted by atomic mass is 32.2. The number of nitrogens with zero attached hydrogens (tertiary/aromatic N) is 2. The number of hydrogen-bond acceptors (Lipinski definition) is 4. The Kier molecular flexibility index (Phi) is 4.04. The number of halogens is 1. The van der Waals surface area contributed by atoms with Gasteiger partial charge in [0.1, 0.15) is 0 Å². The molecular weight excluding hydrogens is 283 g/mol. The van der Waals surface area contributed by atoms with Crippen LogP contribution in [-0.4, -0.2) is 48.3 Å². The number of amides is 1. The predicted octanol–water partition coefficient (Wildman–Crippen LogP) is 0.483. The minimum Gasteiger partial charge on any atom is -0.323 e. The Morgan fingerprint density at radius 1 is 1.60 bits per heavy atom. The van der Waals surface area contributed by atoms with Crippen LogP contribution in [0.25, 0.3) is 0 Å². The SMILES string of the molecule is C#CCN(C(=O)c1cccnc1F)C1CCS(=O)(=O)C1. The number of terminal acetylenes is 1. The van der Waals surface area contributed by atoms with Gasteiger partial charge in [-0.2, -0.15) is 4.39 Å². The fourth-order valence-corrected chi connectivity index (χ4v) is 3.92. The Bertz CT molecular complexity index is 666. The van der Waals surface area contributed by atoms with E-state index >= 15 is 0 Å². The maximum absolute atomic E-state index is 13.6. The number of aromatic nitrogens is 1. The van der Waals surface area contributed by atoms with E-state index in [1.807, 2.05) is 0 Å². The minimum atomic E-state index is -3.16. The number of carbonyl (C=O) groups excluding carboxylic acids is 1. The summed E-state index contributed by atoms with van der Waals surface area (Å²) in [5, 5.41) is 0. The molecule has 7 heteroatoms. The van der Waals surface area contributed by atoms with E-state index in [9.17, 15) is 17.6 Å². The van der Waals surface area contributed by atoms with E-state index in [2.05, 4.69) is 10.9 Å². The smallest absolute Gasteiger partial charge is 0.259 e. The summed E-state index contributed by atoms with van der Waals surface area (Å²) in [6.45, 7) is -0.0621. The molecule has 0 aromatic carbocycles. The van der Waals surface area contributed by atoms with Crippen molar-refractivity contribution in [3.05, 3.63) is 29.8 Å². The summed E-state index contributed by atoms with van der Waals surface area (Å²) in [6.07, 6.45) is 6.77. The molecule has 5 nitrogen and oxygen atoms in total. The zero-order valence-corrected chi connectivity index (χ0v) is 11.4. The summed E-state index contributed by atoms with van der Waals surface area (Å²) in [5.41, 5.74) is -0.202. The second kappa shape index (κ2) is 5.59. The Hall–Kier alpha value is -1.94. The molecule has 1 amide bonds. The van der Waals surface area contributed by atoms with Gasteiger partial charge in [-0.1, -0.05) is 5.92 Å². The zero-order chi connectivity index (χ0) is 14.8. The Labute approximate surface area is 116 Å². The van der Waals surface area contributed by atoms with Crippen molar-refractivity contribution in [2.45, 2.75) is 12.5 Å². The maximum Gasteiger partial charge on any atom is 0.259 e. The van der Waals surface area contributed by atoms with Gasteiger partial charge in [0.2, 0.25) is 5.95 Å². The van der Waals surface area contributed by atoms with Gasteiger partial charge in [0.05, 0.1) is 23.6 Å². The molecule has 2 rings (SSSR count). The zero-order valence-electron chi connectivity index (χ0n) is 10.6. The van der Waals surface area contributed by atoms with E-state index in [1.54, 1.807) is 0 Å². The Morgan fingerprint density at radius 2 is 2.35 bits per heavy atom.